The summed E-state index contributed by atoms with van der Waals surface area (Å²) < 4.78 is 14.4. The molecule has 0 saturated carbocycles. The fourth-order valence-corrected chi connectivity index (χ4v) is 2.96. The number of thiophene rings is 1. The van der Waals surface area contributed by atoms with Gasteiger partial charge >= 0.3 is 0 Å². The van der Waals surface area contributed by atoms with Gasteiger partial charge in [0.2, 0.25) is 0 Å². The van der Waals surface area contributed by atoms with Gasteiger partial charge in [0.15, 0.2) is 0 Å². The van der Waals surface area contributed by atoms with Gasteiger partial charge < -0.3 is 5.11 Å². The molecule has 1 nitrogen and oxygen atoms in total. The van der Waals surface area contributed by atoms with Crippen molar-refractivity contribution in [2.24, 2.45) is 0 Å². The van der Waals surface area contributed by atoms with Crippen LogP contribution in [-0.2, 0) is 0 Å². The fourth-order valence-electron chi connectivity index (χ4n) is 1.35. The molecule has 1 unspecified atom stereocenters. The molecule has 0 aliphatic carbocycles. The summed E-state index contributed by atoms with van der Waals surface area (Å²) in [4.78, 5) is 0.674. The van der Waals surface area contributed by atoms with Gasteiger partial charge in [0.25, 0.3) is 0 Å². The summed E-state index contributed by atoms with van der Waals surface area (Å²) in [6.07, 6.45) is -0.977. The third-order valence-electron chi connectivity index (χ3n) is 2.12. The minimum absolute atomic E-state index is 0.196. The largest absolute Gasteiger partial charge is 0.383 e. The molecule has 16 heavy (non-hydrogen) atoms. The molecule has 84 valence electrons. The normalized spacial score (nSPS) is 12.8. The smallest absolute Gasteiger partial charge is 0.129 e. The Labute approximate surface area is 110 Å². The Kier molecular flexibility index (Phi) is 3.64. The fraction of sp³-hybridized carbons (Fsp3) is 0.0909. The average molecular weight is 322 g/mol. The van der Waals surface area contributed by atoms with Gasteiger partial charge in [-0.3, -0.25) is 0 Å². The number of benzene rings is 1. The van der Waals surface area contributed by atoms with E-state index in [1.807, 2.05) is 6.07 Å². The predicted octanol–water partition coefficient (Wildman–Crippen LogP) is 4.38. The second-order valence-corrected chi connectivity index (χ2v) is 6.14. The minimum atomic E-state index is -0.977. The average Bonchev–Trinajstić information content (AvgIpc) is 2.67. The van der Waals surface area contributed by atoms with E-state index < -0.39 is 11.9 Å². The van der Waals surface area contributed by atoms with Crippen LogP contribution in [0.5, 0.6) is 0 Å². The van der Waals surface area contributed by atoms with Gasteiger partial charge in [-0.15, -0.1) is 11.3 Å². The second kappa shape index (κ2) is 4.84. The molecular weight excluding hydrogens is 315 g/mol. The molecule has 0 radical (unpaired) electrons. The molecule has 1 heterocycles. The Hall–Kier alpha value is -0.420. The zero-order valence-corrected chi connectivity index (χ0v) is 11.1. The second-order valence-electron chi connectivity index (χ2n) is 3.21. The summed E-state index contributed by atoms with van der Waals surface area (Å²) in [5, 5.41) is 10.4. The highest BCUT2D eigenvalue weighted by molar-refractivity contribution is 9.11. The molecule has 0 spiro atoms. The summed E-state index contributed by atoms with van der Waals surface area (Å²) >= 11 is 10.4. The molecule has 5 heteroatoms. The lowest BCUT2D eigenvalue weighted by molar-refractivity contribution is 0.219. The van der Waals surface area contributed by atoms with Crippen molar-refractivity contribution in [2.75, 3.05) is 0 Å². The van der Waals surface area contributed by atoms with Crippen LogP contribution < -0.4 is 0 Å². The maximum atomic E-state index is 13.5. The topological polar surface area (TPSA) is 20.2 Å². The van der Waals surface area contributed by atoms with Crippen molar-refractivity contribution in [1.29, 1.82) is 0 Å². The number of aliphatic hydroxyl groups is 1. The van der Waals surface area contributed by atoms with Crippen LogP contribution >= 0.6 is 38.9 Å². The van der Waals surface area contributed by atoms with Crippen molar-refractivity contribution in [3.63, 3.8) is 0 Å². The van der Waals surface area contributed by atoms with Gasteiger partial charge in [0, 0.05) is 15.5 Å². The lowest BCUT2D eigenvalue weighted by atomic mass is 10.1. The number of hydrogen-bond donors (Lipinski definition) is 1. The maximum Gasteiger partial charge on any atom is 0.129 e. The van der Waals surface area contributed by atoms with E-state index in [9.17, 15) is 9.50 Å². The van der Waals surface area contributed by atoms with Crippen LogP contribution in [0.1, 0.15) is 16.5 Å². The van der Waals surface area contributed by atoms with E-state index in [0.717, 1.165) is 3.79 Å². The number of hydrogen-bond acceptors (Lipinski definition) is 2. The van der Waals surface area contributed by atoms with E-state index in [-0.39, 0.29) is 5.56 Å². The number of aliphatic hydroxyl groups excluding tert-OH is 1. The van der Waals surface area contributed by atoms with Crippen molar-refractivity contribution in [3.8, 4) is 0 Å². The van der Waals surface area contributed by atoms with Crippen LogP contribution in [0, 0.1) is 5.82 Å². The Morgan fingerprint density at radius 2 is 2.06 bits per heavy atom. The Morgan fingerprint density at radius 1 is 1.31 bits per heavy atom. The van der Waals surface area contributed by atoms with E-state index in [0.29, 0.717) is 9.90 Å². The molecule has 0 fully saturated rings. The van der Waals surface area contributed by atoms with E-state index in [2.05, 4.69) is 15.9 Å². The van der Waals surface area contributed by atoms with Crippen molar-refractivity contribution in [1.82, 2.24) is 0 Å². The molecule has 0 aliphatic heterocycles. The van der Waals surface area contributed by atoms with Gasteiger partial charge in [-0.25, -0.2) is 4.39 Å². The zero-order chi connectivity index (χ0) is 11.7. The molecule has 1 atom stereocenters. The third-order valence-corrected chi connectivity index (χ3v) is 4.03. The first-order valence-corrected chi connectivity index (χ1v) is 6.45. The minimum Gasteiger partial charge on any atom is -0.383 e. The van der Waals surface area contributed by atoms with Crippen LogP contribution in [0.4, 0.5) is 4.39 Å². The highest BCUT2D eigenvalue weighted by atomic mass is 79.9. The summed E-state index contributed by atoms with van der Waals surface area (Å²) in [7, 11) is 0. The van der Waals surface area contributed by atoms with E-state index in [4.69, 9.17) is 11.6 Å². The number of halogens is 3. The van der Waals surface area contributed by atoms with Gasteiger partial charge in [-0.1, -0.05) is 11.6 Å². The summed E-state index contributed by atoms with van der Waals surface area (Å²) in [5.41, 5.74) is 0.196. The van der Waals surface area contributed by atoms with Crippen molar-refractivity contribution >= 4 is 38.9 Å². The highest BCUT2D eigenvalue weighted by Gasteiger charge is 2.17. The van der Waals surface area contributed by atoms with Crippen molar-refractivity contribution in [3.05, 3.63) is 55.4 Å². The lowest BCUT2D eigenvalue weighted by Gasteiger charge is -2.10. The predicted molar refractivity (Wildman–Crippen MR) is 67.5 cm³/mol. The first kappa shape index (κ1) is 12.0. The molecule has 2 rings (SSSR count). The molecule has 0 bridgehead atoms. The highest BCUT2D eigenvalue weighted by Crippen LogP contribution is 2.33. The van der Waals surface area contributed by atoms with Crippen molar-refractivity contribution < 1.29 is 9.50 Å². The van der Waals surface area contributed by atoms with E-state index >= 15 is 0 Å². The maximum absolute atomic E-state index is 13.5. The van der Waals surface area contributed by atoms with Crippen LogP contribution in [-0.4, -0.2) is 5.11 Å². The van der Waals surface area contributed by atoms with Crippen LogP contribution in [0.25, 0.3) is 0 Å². The first-order chi connectivity index (χ1) is 7.58. The molecule has 0 saturated heterocycles. The summed E-state index contributed by atoms with van der Waals surface area (Å²) in [6.45, 7) is 0. The Bertz CT molecular complexity index is 514. The molecule has 1 aromatic heterocycles. The molecule has 0 aliphatic rings. The standard InChI is InChI=1S/C11H7BrClFOS/c12-10-4-3-9(16-10)11(15)7-5-6(13)1-2-8(7)14/h1-5,11,15H. The van der Waals surface area contributed by atoms with Crippen molar-refractivity contribution in [2.45, 2.75) is 6.10 Å². The SMILES string of the molecule is OC(c1ccc(Br)s1)c1cc(Cl)ccc1F. The van der Waals surface area contributed by atoms with E-state index in [1.54, 1.807) is 6.07 Å². The Balaban J connectivity index is 2.40. The van der Waals surface area contributed by atoms with E-state index in [1.165, 1.54) is 29.5 Å². The van der Waals surface area contributed by atoms with Crippen LogP contribution in [0.15, 0.2) is 34.1 Å². The van der Waals surface area contributed by atoms with Gasteiger partial charge in [-0.05, 0) is 46.3 Å². The quantitative estimate of drug-likeness (QED) is 0.870. The summed E-state index contributed by atoms with van der Waals surface area (Å²) in [6, 6.07) is 7.71. The molecule has 1 aromatic carbocycles. The first-order valence-electron chi connectivity index (χ1n) is 4.46. The monoisotopic (exact) mass is 320 g/mol. The Morgan fingerprint density at radius 3 is 2.69 bits per heavy atom. The molecule has 2 aromatic rings. The lowest BCUT2D eigenvalue weighted by Crippen LogP contribution is -2.00. The number of rotatable bonds is 2. The van der Waals surface area contributed by atoms with Gasteiger partial charge in [0.1, 0.15) is 11.9 Å². The van der Waals surface area contributed by atoms with Crippen LogP contribution in [0.2, 0.25) is 5.02 Å². The third kappa shape index (κ3) is 2.46. The zero-order valence-electron chi connectivity index (χ0n) is 7.95. The molecule has 1 N–H and O–H groups in total. The van der Waals surface area contributed by atoms with Crippen LogP contribution in [0.3, 0.4) is 0 Å². The summed E-state index contributed by atoms with van der Waals surface area (Å²) in [5.74, 6) is -0.457. The van der Waals surface area contributed by atoms with Gasteiger partial charge in [-0.2, -0.15) is 0 Å². The molecule has 0 amide bonds. The van der Waals surface area contributed by atoms with Gasteiger partial charge in [0.05, 0.1) is 3.79 Å². The molecular formula is C11H7BrClFOS.